The van der Waals surface area contributed by atoms with Crippen LogP contribution in [0.15, 0.2) is 30.3 Å². The Balaban J connectivity index is 2.41. The molecule has 0 fully saturated rings. The smallest absolute Gasteiger partial charge is 0.424 e. The minimum absolute atomic E-state index is 0.287. The molecule has 0 radical (unpaired) electrons. The second kappa shape index (κ2) is 6.73. The second-order valence-electron chi connectivity index (χ2n) is 5.32. The van der Waals surface area contributed by atoms with Gasteiger partial charge in [0.1, 0.15) is 5.82 Å². The average molecular weight is 388 g/mol. The molecule has 0 amide bonds. The van der Waals surface area contributed by atoms with Crippen LogP contribution in [-0.2, 0) is 0 Å². The highest BCUT2D eigenvalue weighted by Gasteiger charge is 2.59. The minimum atomic E-state index is -6.01. The highest BCUT2D eigenvalue weighted by Crippen LogP contribution is 2.39. The summed E-state index contributed by atoms with van der Waals surface area (Å²) >= 11 is 0. The van der Waals surface area contributed by atoms with Crippen molar-refractivity contribution in [1.29, 1.82) is 0 Å². The molecule has 26 heavy (non-hydrogen) atoms. The van der Waals surface area contributed by atoms with Crippen molar-refractivity contribution in [1.82, 2.24) is 0 Å². The number of alkyl halides is 6. The zero-order valence-corrected chi connectivity index (χ0v) is 12.8. The summed E-state index contributed by atoms with van der Waals surface area (Å²) in [5.74, 6) is -6.50. The van der Waals surface area contributed by atoms with E-state index in [0.717, 1.165) is 12.1 Å². The summed E-state index contributed by atoms with van der Waals surface area (Å²) < 4.78 is 120. The molecular formula is C16H9F9O. The third kappa shape index (κ3) is 4.05. The molecule has 0 bridgehead atoms. The molecule has 2 rings (SSSR count). The van der Waals surface area contributed by atoms with Gasteiger partial charge in [0, 0.05) is 5.56 Å². The van der Waals surface area contributed by atoms with Gasteiger partial charge in [-0.15, -0.1) is 0 Å². The lowest BCUT2D eigenvalue weighted by atomic mass is 10.0. The summed E-state index contributed by atoms with van der Waals surface area (Å²) in [6.45, 7) is 1.54. The van der Waals surface area contributed by atoms with Crippen LogP contribution in [-0.4, -0.2) is 18.5 Å². The number of halogens is 9. The van der Waals surface area contributed by atoms with Crippen molar-refractivity contribution in [2.75, 3.05) is 0 Å². The molecular weight excluding hydrogens is 379 g/mol. The molecule has 0 aliphatic carbocycles. The molecule has 0 spiro atoms. The van der Waals surface area contributed by atoms with Gasteiger partial charge in [0.2, 0.25) is 0 Å². The molecule has 1 atom stereocenters. The van der Waals surface area contributed by atoms with Gasteiger partial charge in [-0.2, -0.15) is 22.0 Å². The van der Waals surface area contributed by atoms with Crippen molar-refractivity contribution in [2.24, 2.45) is 0 Å². The SMILES string of the molecule is Cc1ccc(-c2cc(F)c(OC(F)(F)C(F)C(F)(F)F)c(F)c2)c(F)c1. The summed E-state index contributed by atoms with van der Waals surface area (Å²) in [4.78, 5) is 0. The number of hydrogen-bond donors (Lipinski definition) is 0. The van der Waals surface area contributed by atoms with Crippen LogP contribution in [0, 0.1) is 24.4 Å². The number of aryl methyl sites for hydroxylation is 1. The van der Waals surface area contributed by atoms with E-state index >= 15 is 0 Å². The zero-order chi connectivity index (χ0) is 19.9. The summed E-state index contributed by atoms with van der Waals surface area (Å²) in [6, 6.07) is 4.37. The van der Waals surface area contributed by atoms with Crippen LogP contribution in [0.3, 0.4) is 0 Å². The van der Waals surface area contributed by atoms with E-state index in [0.29, 0.717) is 17.7 Å². The van der Waals surface area contributed by atoms with Gasteiger partial charge in [-0.25, -0.2) is 17.6 Å². The quantitative estimate of drug-likeness (QED) is 0.588. The fourth-order valence-corrected chi connectivity index (χ4v) is 2.05. The molecule has 2 aromatic carbocycles. The molecule has 2 aromatic rings. The van der Waals surface area contributed by atoms with Crippen LogP contribution in [0.2, 0.25) is 0 Å². The fourth-order valence-electron chi connectivity index (χ4n) is 2.05. The predicted molar refractivity (Wildman–Crippen MR) is 73.0 cm³/mol. The topological polar surface area (TPSA) is 9.23 Å². The zero-order valence-electron chi connectivity index (χ0n) is 12.8. The number of ether oxygens (including phenoxy) is 1. The number of rotatable bonds is 4. The summed E-state index contributed by atoms with van der Waals surface area (Å²) in [5.41, 5.74) is -0.209. The van der Waals surface area contributed by atoms with E-state index in [2.05, 4.69) is 4.74 Å². The van der Waals surface area contributed by atoms with E-state index < -0.39 is 47.2 Å². The van der Waals surface area contributed by atoms with Crippen molar-refractivity contribution < 1.29 is 44.3 Å². The Morgan fingerprint density at radius 2 is 1.38 bits per heavy atom. The van der Waals surface area contributed by atoms with E-state index in [1.807, 2.05) is 0 Å². The van der Waals surface area contributed by atoms with Crippen LogP contribution >= 0.6 is 0 Å². The van der Waals surface area contributed by atoms with Crippen LogP contribution in [0.5, 0.6) is 5.75 Å². The summed E-state index contributed by atoms with van der Waals surface area (Å²) in [6.07, 6.45) is -16.4. The third-order valence-corrected chi connectivity index (χ3v) is 3.25. The van der Waals surface area contributed by atoms with Gasteiger partial charge in [-0.05, 0) is 36.2 Å². The van der Waals surface area contributed by atoms with Gasteiger partial charge < -0.3 is 4.74 Å². The minimum Gasteiger partial charge on any atom is -0.424 e. The lowest BCUT2D eigenvalue weighted by Crippen LogP contribution is -2.46. The summed E-state index contributed by atoms with van der Waals surface area (Å²) in [5, 5.41) is 0. The largest absolute Gasteiger partial charge is 0.439 e. The Labute approximate surface area is 141 Å². The molecule has 1 nitrogen and oxygen atoms in total. The first kappa shape index (κ1) is 19.9. The molecule has 0 saturated carbocycles. The van der Waals surface area contributed by atoms with Crippen molar-refractivity contribution in [3.05, 3.63) is 53.3 Å². The average Bonchev–Trinajstić information content (AvgIpc) is 2.49. The van der Waals surface area contributed by atoms with Crippen molar-refractivity contribution in [3.8, 4) is 16.9 Å². The Morgan fingerprint density at radius 1 is 0.846 bits per heavy atom. The first-order valence-electron chi connectivity index (χ1n) is 6.86. The molecule has 0 aliphatic heterocycles. The predicted octanol–water partition coefficient (Wildman–Crippen LogP) is 5.95. The third-order valence-electron chi connectivity index (χ3n) is 3.25. The van der Waals surface area contributed by atoms with Gasteiger partial charge >= 0.3 is 12.3 Å². The lowest BCUT2D eigenvalue weighted by Gasteiger charge is -2.23. The Morgan fingerprint density at radius 3 is 1.85 bits per heavy atom. The van der Waals surface area contributed by atoms with E-state index in [-0.39, 0.29) is 5.56 Å². The van der Waals surface area contributed by atoms with E-state index in [9.17, 15) is 39.5 Å². The molecule has 0 N–H and O–H groups in total. The van der Waals surface area contributed by atoms with Crippen LogP contribution in [0.25, 0.3) is 11.1 Å². The fraction of sp³-hybridized carbons (Fsp3) is 0.250. The van der Waals surface area contributed by atoms with Crippen LogP contribution < -0.4 is 4.74 Å². The second-order valence-corrected chi connectivity index (χ2v) is 5.32. The standard InChI is InChI=1S/C16H9F9O/c1-7-2-3-9(10(17)4-7)8-5-11(18)13(12(19)6-8)26-16(24,25)14(20)15(21,22)23/h2-6,14H,1H3. The van der Waals surface area contributed by atoms with Crippen molar-refractivity contribution in [2.45, 2.75) is 25.4 Å². The van der Waals surface area contributed by atoms with Crippen molar-refractivity contribution in [3.63, 3.8) is 0 Å². The first-order valence-corrected chi connectivity index (χ1v) is 6.86. The van der Waals surface area contributed by atoms with E-state index in [4.69, 9.17) is 0 Å². The maximum atomic E-state index is 13.9. The van der Waals surface area contributed by atoms with Gasteiger partial charge in [-0.1, -0.05) is 12.1 Å². The molecule has 0 saturated heterocycles. The Bertz CT molecular complexity index is 791. The van der Waals surface area contributed by atoms with Gasteiger partial charge in [0.25, 0.3) is 6.17 Å². The van der Waals surface area contributed by atoms with Crippen LogP contribution in [0.4, 0.5) is 39.5 Å². The van der Waals surface area contributed by atoms with Gasteiger partial charge in [-0.3, -0.25) is 0 Å². The highest BCUT2D eigenvalue weighted by molar-refractivity contribution is 5.65. The summed E-state index contributed by atoms with van der Waals surface area (Å²) in [7, 11) is 0. The first-order chi connectivity index (χ1) is 11.8. The highest BCUT2D eigenvalue weighted by atomic mass is 19.4. The van der Waals surface area contributed by atoms with Gasteiger partial charge in [0.15, 0.2) is 17.4 Å². The lowest BCUT2D eigenvalue weighted by molar-refractivity contribution is -0.306. The monoisotopic (exact) mass is 388 g/mol. The Kier molecular flexibility index (Phi) is 5.16. The Hall–Kier alpha value is -2.39. The van der Waals surface area contributed by atoms with E-state index in [1.165, 1.54) is 6.07 Å². The molecule has 10 heteroatoms. The van der Waals surface area contributed by atoms with Gasteiger partial charge in [0.05, 0.1) is 0 Å². The molecule has 142 valence electrons. The number of benzene rings is 2. The number of hydrogen-bond acceptors (Lipinski definition) is 1. The van der Waals surface area contributed by atoms with E-state index in [1.54, 1.807) is 6.92 Å². The molecule has 0 aromatic heterocycles. The maximum Gasteiger partial charge on any atom is 0.439 e. The normalized spacial score (nSPS) is 13.6. The molecule has 0 aliphatic rings. The molecule has 0 heterocycles. The molecule has 1 unspecified atom stereocenters. The van der Waals surface area contributed by atoms with Crippen LogP contribution in [0.1, 0.15) is 5.56 Å². The van der Waals surface area contributed by atoms with Crippen molar-refractivity contribution >= 4 is 0 Å². The maximum absolute atomic E-state index is 13.9.